The number of thiazole rings is 1. The van der Waals surface area contributed by atoms with Crippen LogP contribution in [0.4, 0.5) is 0 Å². The quantitative estimate of drug-likeness (QED) is 0.232. The van der Waals surface area contributed by atoms with Crippen LogP contribution in [0.1, 0.15) is 23.1 Å². The molecule has 0 bridgehead atoms. The van der Waals surface area contributed by atoms with E-state index in [0.717, 1.165) is 27.3 Å². The Morgan fingerprint density at radius 1 is 0.972 bits per heavy atom. The maximum Gasteiger partial charge on any atom is 0.305 e. The molecule has 0 atom stereocenters. The van der Waals surface area contributed by atoms with Crippen LogP contribution in [0.3, 0.4) is 0 Å². The van der Waals surface area contributed by atoms with Gasteiger partial charge in [0.15, 0.2) is 0 Å². The average molecular weight is 541 g/mol. The minimum Gasteiger partial charge on any atom is -0.469 e. The Kier molecular flexibility index (Phi) is 8.53. The first-order chi connectivity index (χ1) is 17.3. The van der Waals surface area contributed by atoms with Gasteiger partial charge in [0.05, 0.1) is 12.0 Å². The molecular formula is C27H25ClN2O4S2. The van der Waals surface area contributed by atoms with Gasteiger partial charge in [0.2, 0.25) is 10.0 Å². The zero-order valence-electron chi connectivity index (χ0n) is 19.6. The summed E-state index contributed by atoms with van der Waals surface area (Å²) in [5.41, 5.74) is 3.61. The molecule has 0 unspecified atom stereocenters. The van der Waals surface area contributed by atoms with E-state index in [9.17, 15) is 13.2 Å². The fraction of sp³-hybridized carbons (Fsp3) is 0.185. The Labute approximate surface area is 220 Å². The minimum absolute atomic E-state index is 0.172. The molecule has 4 aromatic rings. The van der Waals surface area contributed by atoms with Gasteiger partial charge in [0, 0.05) is 41.7 Å². The topological polar surface area (TPSA) is 76.6 Å². The Balaban J connectivity index is 1.61. The van der Waals surface area contributed by atoms with Gasteiger partial charge in [-0.05, 0) is 47.4 Å². The molecule has 36 heavy (non-hydrogen) atoms. The highest BCUT2D eigenvalue weighted by Gasteiger charge is 2.25. The molecule has 0 amide bonds. The number of methoxy groups -OCH3 is 1. The summed E-state index contributed by atoms with van der Waals surface area (Å²) in [6.07, 6.45) is 2.54. The Hall–Kier alpha value is -3.04. The van der Waals surface area contributed by atoms with Crippen molar-refractivity contribution in [2.45, 2.75) is 30.8 Å². The molecule has 0 radical (unpaired) electrons. The van der Waals surface area contributed by atoms with E-state index in [4.69, 9.17) is 16.3 Å². The molecule has 6 nitrogen and oxygen atoms in total. The first kappa shape index (κ1) is 26.0. The van der Waals surface area contributed by atoms with Crippen LogP contribution in [0.5, 0.6) is 0 Å². The third-order valence-electron chi connectivity index (χ3n) is 5.64. The van der Waals surface area contributed by atoms with Gasteiger partial charge >= 0.3 is 5.97 Å². The molecule has 0 saturated heterocycles. The summed E-state index contributed by atoms with van der Waals surface area (Å²) in [6, 6.07) is 21.5. The van der Waals surface area contributed by atoms with Gasteiger partial charge in [-0.15, -0.1) is 11.3 Å². The number of carbonyl (C=O) groups is 1. The molecule has 0 spiro atoms. The highest BCUT2D eigenvalue weighted by molar-refractivity contribution is 7.89. The van der Waals surface area contributed by atoms with Crippen LogP contribution in [0.25, 0.3) is 10.6 Å². The largest absolute Gasteiger partial charge is 0.469 e. The molecule has 4 rings (SSSR count). The van der Waals surface area contributed by atoms with Crippen molar-refractivity contribution in [2.24, 2.45) is 0 Å². The fourth-order valence-electron chi connectivity index (χ4n) is 3.74. The monoisotopic (exact) mass is 540 g/mol. The molecule has 186 valence electrons. The smallest absolute Gasteiger partial charge is 0.305 e. The van der Waals surface area contributed by atoms with Crippen LogP contribution in [-0.2, 0) is 39.1 Å². The Bertz CT molecular complexity index is 1410. The normalized spacial score (nSPS) is 11.5. The highest BCUT2D eigenvalue weighted by atomic mass is 35.5. The van der Waals surface area contributed by atoms with Gasteiger partial charge in [0.1, 0.15) is 5.01 Å². The summed E-state index contributed by atoms with van der Waals surface area (Å²) in [4.78, 5) is 16.0. The van der Waals surface area contributed by atoms with Gasteiger partial charge in [-0.3, -0.25) is 4.79 Å². The summed E-state index contributed by atoms with van der Waals surface area (Å²) in [5, 5.41) is 3.30. The molecule has 0 saturated carbocycles. The highest BCUT2D eigenvalue weighted by Crippen LogP contribution is 2.26. The van der Waals surface area contributed by atoms with Crippen LogP contribution in [-0.4, -0.2) is 30.8 Å². The standard InChI is InChI=1S/C27H25ClN2O4S2/c1-34-26(31)14-7-20-3-2-4-22(17-20)19-30(36(32,33)25-12-10-24(28)11-13-25)18-21-5-8-23(9-6-21)27-29-15-16-35-27/h2-6,8-13,15-17H,7,14,18-19H2,1H3. The van der Waals surface area contributed by atoms with E-state index in [1.165, 1.54) is 23.5 Å². The predicted molar refractivity (Wildman–Crippen MR) is 142 cm³/mol. The number of hydrogen-bond acceptors (Lipinski definition) is 6. The molecule has 0 N–H and O–H groups in total. The minimum atomic E-state index is -3.82. The zero-order chi connectivity index (χ0) is 25.5. The molecule has 1 heterocycles. The molecule has 9 heteroatoms. The predicted octanol–water partition coefficient (Wildman–Crippen LogP) is 5.96. The number of carbonyl (C=O) groups excluding carboxylic acids is 1. The van der Waals surface area contributed by atoms with Crippen molar-refractivity contribution in [3.8, 4) is 10.6 Å². The molecule has 0 aliphatic carbocycles. The van der Waals surface area contributed by atoms with Crippen LogP contribution in [0, 0.1) is 0 Å². The van der Waals surface area contributed by atoms with Crippen molar-refractivity contribution in [1.82, 2.24) is 9.29 Å². The summed E-state index contributed by atoms with van der Waals surface area (Å²) in [5.74, 6) is -0.284. The van der Waals surface area contributed by atoms with E-state index in [0.29, 0.717) is 11.4 Å². The molecule has 0 aliphatic heterocycles. The van der Waals surface area contributed by atoms with Crippen molar-refractivity contribution in [3.05, 3.63) is 106 Å². The lowest BCUT2D eigenvalue weighted by Crippen LogP contribution is -2.30. The van der Waals surface area contributed by atoms with E-state index in [-0.39, 0.29) is 30.4 Å². The number of benzene rings is 3. The third-order valence-corrected chi connectivity index (χ3v) is 8.52. The number of aromatic nitrogens is 1. The number of halogens is 1. The van der Waals surface area contributed by atoms with Gasteiger partial charge in [0.25, 0.3) is 0 Å². The second-order valence-corrected chi connectivity index (χ2v) is 11.4. The van der Waals surface area contributed by atoms with E-state index in [1.54, 1.807) is 29.7 Å². The van der Waals surface area contributed by atoms with E-state index in [1.807, 2.05) is 53.9 Å². The number of aryl methyl sites for hydroxylation is 1. The van der Waals surface area contributed by atoms with Crippen LogP contribution in [0.15, 0.2) is 89.3 Å². The van der Waals surface area contributed by atoms with Crippen molar-refractivity contribution in [3.63, 3.8) is 0 Å². The number of esters is 1. The van der Waals surface area contributed by atoms with Gasteiger partial charge in [-0.2, -0.15) is 4.31 Å². The first-order valence-corrected chi connectivity index (χ1v) is 13.9. The summed E-state index contributed by atoms with van der Waals surface area (Å²) >= 11 is 7.54. The average Bonchev–Trinajstić information content (AvgIpc) is 3.43. The number of ether oxygens (including phenoxy) is 1. The van der Waals surface area contributed by atoms with E-state index >= 15 is 0 Å². The second kappa shape index (κ2) is 11.8. The number of hydrogen-bond donors (Lipinski definition) is 0. The maximum atomic E-state index is 13.7. The molecule has 3 aromatic carbocycles. The van der Waals surface area contributed by atoms with E-state index in [2.05, 4.69) is 4.98 Å². The molecule has 0 aliphatic rings. The maximum absolute atomic E-state index is 13.7. The van der Waals surface area contributed by atoms with Crippen LogP contribution < -0.4 is 0 Å². The lowest BCUT2D eigenvalue weighted by atomic mass is 10.1. The Morgan fingerprint density at radius 3 is 2.33 bits per heavy atom. The summed E-state index contributed by atoms with van der Waals surface area (Å²) in [7, 11) is -2.46. The van der Waals surface area contributed by atoms with Gasteiger partial charge < -0.3 is 4.74 Å². The van der Waals surface area contributed by atoms with Crippen LogP contribution in [0.2, 0.25) is 5.02 Å². The van der Waals surface area contributed by atoms with Crippen molar-refractivity contribution >= 4 is 38.9 Å². The number of sulfonamides is 1. The first-order valence-electron chi connectivity index (χ1n) is 11.2. The van der Waals surface area contributed by atoms with Gasteiger partial charge in [-0.25, -0.2) is 13.4 Å². The molecular weight excluding hydrogens is 516 g/mol. The molecule has 1 aromatic heterocycles. The molecule has 0 fully saturated rings. The third kappa shape index (κ3) is 6.59. The fourth-order valence-corrected chi connectivity index (χ4v) is 5.93. The summed E-state index contributed by atoms with van der Waals surface area (Å²) in [6.45, 7) is 0.362. The van der Waals surface area contributed by atoms with Gasteiger partial charge in [-0.1, -0.05) is 60.1 Å². The number of nitrogens with zero attached hydrogens (tertiary/aromatic N) is 2. The number of rotatable bonds is 10. The van der Waals surface area contributed by atoms with Crippen LogP contribution >= 0.6 is 22.9 Å². The lowest BCUT2D eigenvalue weighted by Gasteiger charge is -2.23. The van der Waals surface area contributed by atoms with Crippen molar-refractivity contribution < 1.29 is 17.9 Å². The SMILES string of the molecule is COC(=O)CCc1cccc(CN(Cc2ccc(-c3nccs3)cc2)S(=O)(=O)c2ccc(Cl)cc2)c1. The Morgan fingerprint density at radius 2 is 1.67 bits per heavy atom. The lowest BCUT2D eigenvalue weighted by molar-refractivity contribution is -0.140. The van der Waals surface area contributed by atoms with Crippen molar-refractivity contribution in [1.29, 1.82) is 0 Å². The van der Waals surface area contributed by atoms with Crippen molar-refractivity contribution in [2.75, 3.05) is 7.11 Å². The summed E-state index contributed by atoms with van der Waals surface area (Å²) < 4.78 is 33.5. The zero-order valence-corrected chi connectivity index (χ0v) is 22.0. The second-order valence-electron chi connectivity index (χ2n) is 8.16. The van der Waals surface area contributed by atoms with E-state index < -0.39 is 10.0 Å².